The van der Waals surface area contributed by atoms with Crippen LogP contribution in [0.5, 0.6) is 0 Å². The third kappa shape index (κ3) is 5.68. The van der Waals surface area contributed by atoms with Crippen LogP contribution in [0.3, 0.4) is 0 Å². The summed E-state index contributed by atoms with van der Waals surface area (Å²) in [6.45, 7) is 1.02. The number of piperidine rings is 1. The highest BCUT2D eigenvalue weighted by Gasteiger charge is 2.28. The molecule has 1 N–H and O–H groups in total. The van der Waals surface area contributed by atoms with Gasteiger partial charge in [0, 0.05) is 30.3 Å². The van der Waals surface area contributed by atoms with Crippen molar-refractivity contribution in [2.75, 3.05) is 18.4 Å². The number of likely N-dealkylation sites (tertiary alicyclic amines) is 1. The van der Waals surface area contributed by atoms with Gasteiger partial charge in [0.15, 0.2) is 9.84 Å². The lowest BCUT2D eigenvalue weighted by Crippen LogP contribution is -2.41. The van der Waals surface area contributed by atoms with Crippen LogP contribution >= 0.6 is 0 Å². The van der Waals surface area contributed by atoms with Gasteiger partial charge in [0.25, 0.3) is 5.91 Å². The fourth-order valence-electron chi connectivity index (χ4n) is 3.97. The van der Waals surface area contributed by atoms with Crippen LogP contribution in [0.1, 0.15) is 28.8 Å². The fraction of sp³-hybridized carbons (Fsp3) is 0.231. The zero-order valence-electron chi connectivity index (χ0n) is 18.2. The maximum Gasteiger partial charge on any atom is 0.253 e. The Labute approximate surface area is 194 Å². The predicted octanol–water partition coefficient (Wildman–Crippen LogP) is 4.15. The SMILES string of the molecule is O=C(Nc1ccccc1)C1CCN(C(=O)c2ccc(CS(=O)(=O)c3ccccc3)cc2)CC1. The van der Waals surface area contributed by atoms with E-state index < -0.39 is 9.84 Å². The molecule has 3 aromatic rings. The maximum absolute atomic E-state index is 12.9. The van der Waals surface area contributed by atoms with Gasteiger partial charge in [-0.1, -0.05) is 48.5 Å². The van der Waals surface area contributed by atoms with Gasteiger partial charge in [0.05, 0.1) is 10.6 Å². The fourth-order valence-corrected chi connectivity index (χ4v) is 5.34. The Bertz CT molecular complexity index is 1200. The molecular weight excluding hydrogens is 436 g/mol. The van der Waals surface area contributed by atoms with Crippen LogP contribution in [0.4, 0.5) is 5.69 Å². The minimum absolute atomic E-state index is 0.0164. The summed E-state index contributed by atoms with van der Waals surface area (Å²) in [5.74, 6) is -0.362. The number of rotatable bonds is 6. The average molecular weight is 463 g/mol. The molecule has 1 fully saturated rings. The zero-order chi connectivity index (χ0) is 23.3. The van der Waals surface area contributed by atoms with Crippen LogP contribution in [0.15, 0.2) is 89.8 Å². The molecule has 4 rings (SSSR count). The van der Waals surface area contributed by atoms with E-state index >= 15 is 0 Å². The minimum Gasteiger partial charge on any atom is -0.339 e. The van der Waals surface area contributed by atoms with E-state index in [0.29, 0.717) is 37.1 Å². The number of sulfone groups is 1. The topological polar surface area (TPSA) is 83.6 Å². The first-order valence-corrected chi connectivity index (χ1v) is 12.6. The number of hydrogen-bond acceptors (Lipinski definition) is 4. The van der Waals surface area contributed by atoms with E-state index in [0.717, 1.165) is 5.69 Å². The Morgan fingerprint density at radius 3 is 2.00 bits per heavy atom. The number of nitrogens with one attached hydrogen (secondary N) is 1. The standard InChI is InChI=1S/C26H26N2O4S/c29-25(27-23-7-3-1-4-8-23)21-15-17-28(18-16-21)26(30)22-13-11-20(12-14-22)19-33(31,32)24-9-5-2-6-10-24/h1-14,21H,15-19H2,(H,27,29). The number of carbonyl (C=O) groups is 2. The summed E-state index contributed by atoms with van der Waals surface area (Å²) < 4.78 is 25.1. The third-order valence-corrected chi connectivity index (χ3v) is 7.56. The van der Waals surface area contributed by atoms with Crippen LogP contribution in [-0.4, -0.2) is 38.2 Å². The molecule has 33 heavy (non-hydrogen) atoms. The predicted molar refractivity (Wildman–Crippen MR) is 127 cm³/mol. The largest absolute Gasteiger partial charge is 0.339 e. The Hall–Kier alpha value is -3.45. The average Bonchev–Trinajstić information content (AvgIpc) is 2.85. The molecule has 0 aromatic heterocycles. The molecule has 1 saturated heterocycles. The van der Waals surface area contributed by atoms with Gasteiger partial charge in [-0.05, 0) is 54.8 Å². The van der Waals surface area contributed by atoms with Crippen LogP contribution in [0.2, 0.25) is 0 Å². The van der Waals surface area contributed by atoms with Gasteiger partial charge < -0.3 is 10.2 Å². The van der Waals surface area contributed by atoms with Gasteiger partial charge in [-0.25, -0.2) is 8.42 Å². The summed E-state index contributed by atoms with van der Waals surface area (Å²) in [4.78, 5) is 27.4. The number of carbonyl (C=O) groups excluding carboxylic acids is 2. The van der Waals surface area contributed by atoms with E-state index in [1.54, 1.807) is 59.5 Å². The summed E-state index contributed by atoms with van der Waals surface area (Å²) >= 11 is 0. The van der Waals surface area contributed by atoms with Crippen molar-refractivity contribution in [2.24, 2.45) is 5.92 Å². The number of benzene rings is 3. The second-order valence-corrected chi connectivity index (χ2v) is 10.2. The molecule has 0 unspecified atom stereocenters. The molecule has 6 nitrogen and oxygen atoms in total. The highest BCUT2D eigenvalue weighted by molar-refractivity contribution is 7.90. The number of anilines is 1. The number of amides is 2. The summed E-state index contributed by atoms with van der Waals surface area (Å²) in [5, 5.41) is 2.93. The van der Waals surface area contributed by atoms with E-state index in [2.05, 4.69) is 5.32 Å². The summed E-state index contributed by atoms with van der Waals surface area (Å²) in [6.07, 6.45) is 1.22. The first-order chi connectivity index (χ1) is 15.9. The van der Waals surface area contributed by atoms with Crippen LogP contribution in [0, 0.1) is 5.92 Å². The first-order valence-electron chi connectivity index (χ1n) is 10.9. The zero-order valence-corrected chi connectivity index (χ0v) is 19.0. The van der Waals surface area contributed by atoms with E-state index in [-0.39, 0.29) is 28.4 Å². The molecule has 0 bridgehead atoms. The van der Waals surface area contributed by atoms with Crippen molar-refractivity contribution in [1.82, 2.24) is 4.90 Å². The van der Waals surface area contributed by atoms with Crippen LogP contribution in [-0.2, 0) is 20.4 Å². The maximum atomic E-state index is 12.9. The molecule has 0 atom stereocenters. The van der Waals surface area contributed by atoms with Gasteiger partial charge >= 0.3 is 0 Å². The first kappa shape index (κ1) is 22.7. The van der Waals surface area contributed by atoms with Gasteiger partial charge in [-0.15, -0.1) is 0 Å². The molecule has 1 aliphatic rings. The van der Waals surface area contributed by atoms with E-state index in [1.165, 1.54) is 0 Å². The van der Waals surface area contributed by atoms with E-state index in [9.17, 15) is 18.0 Å². The summed E-state index contributed by atoms with van der Waals surface area (Å²) in [5.41, 5.74) is 1.92. The summed E-state index contributed by atoms with van der Waals surface area (Å²) in [6, 6.07) is 24.4. The van der Waals surface area contributed by atoms with Crippen molar-refractivity contribution in [3.05, 3.63) is 96.1 Å². The highest BCUT2D eigenvalue weighted by Crippen LogP contribution is 2.22. The lowest BCUT2D eigenvalue weighted by atomic mass is 9.95. The van der Waals surface area contributed by atoms with Crippen LogP contribution in [0.25, 0.3) is 0 Å². The summed E-state index contributed by atoms with van der Waals surface area (Å²) in [7, 11) is -3.44. The molecule has 1 heterocycles. The normalized spacial score (nSPS) is 14.6. The van der Waals surface area contributed by atoms with E-state index in [4.69, 9.17) is 0 Å². The highest BCUT2D eigenvalue weighted by atomic mass is 32.2. The lowest BCUT2D eigenvalue weighted by Gasteiger charge is -2.31. The van der Waals surface area contributed by atoms with Crippen molar-refractivity contribution in [3.8, 4) is 0 Å². The second-order valence-electron chi connectivity index (χ2n) is 8.19. The van der Waals surface area contributed by atoms with Gasteiger partial charge in [-0.3, -0.25) is 9.59 Å². The van der Waals surface area contributed by atoms with Crippen molar-refractivity contribution in [1.29, 1.82) is 0 Å². The molecule has 170 valence electrons. The minimum atomic E-state index is -3.44. The number of para-hydroxylation sites is 1. The molecule has 7 heteroatoms. The molecule has 0 saturated carbocycles. The second kappa shape index (κ2) is 10.0. The van der Waals surface area contributed by atoms with Gasteiger partial charge in [-0.2, -0.15) is 0 Å². The Morgan fingerprint density at radius 2 is 1.39 bits per heavy atom. The molecule has 0 aliphatic carbocycles. The Balaban J connectivity index is 1.32. The van der Waals surface area contributed by atoms with Crippen molar-refractivity contribution in [2.45, 2.75) is 23.5 Å². The molecule has 0 spiro atoms. The molecule has 1 aliphatic heterocycles. The third-order valence-electron chi connectivity index (χ3n) is 5.85. The quantitative estimate of drug-likeness (QED) is 0.597. The number of hydrogen-bond donors (Lipinski definition) is 1. The van der Waals surface area contributed by atoms with Crippen molar-refractivity contribution in [3.63, 3.8) is 0 Å². The molecular formula is C26H26N2O4S. The van der Waals surface area contributed by atoms with Crippen molar-refractivity contribution >= 4 is 27.3 Å². The van der Waals surface area contributed by atoms with Gasteiger partial charge in [0.1, 0.15) is 0 Å². The Kier molecular flexibility index (Phi) is 6.89. The lowest BCUT2D eigenvalue weighted by molar-refractivity contribution is -0.121. The van der Waals surface area contributed by atoms with Crippen molar-refractivity contribution < 1.29 is 18.0 Å². The van der Waals surface area contributed by atoms with Crippen LogP contribution < -0.4 is 5.32 Å². The van der Waals surface area contributed by atoms with Gasteiger partial charge in [0.2, 0.25) is 5.91 Å². The molecule has 2 amide bonds. The number of nitrogens with zero attached hydrogens (tertiary/aromatic N) is 1. The molecule has 3 aromatic carbocycles. The monoisotopic (exact) mass is 462 g/mol. The molecule has 0 radical (unpaired) electrons. The Morgan fingerprint density at radius 1 is 0.818 bits per heavy atom. The van der Waals surface area contributed by atoms with E-state index in [1.807, 2.05) is 30.3 Å². The smallest absolute Gasteiger partial charge is 0.253 e.